The molecule has 0 unspecified atom stereocenters. The predicted octanol–water partition coefficient (Wildman–Crippen LogP) is 4.21. The van der Waals surface area contributed by atoms with Crippen LogP contribution in [0.15, 0.2) is 56.7 Å². The molecule has 0 radical (unpaired) electrons. The minimum absolute atomic E-state index is 0.0230. The molecular formula is C13H8BrNO4S. The summed E-state index contributed by atoms with van der Waals surface area (Å²) in [5.41, 5.74) is 0.207. The average Bonchev–Trinajstić information content (AvgIpc) is 2.38. The van der Waals surface area contributed by atoms with Gasteiger partial charge in [0.2, 0.25) is 0 Å². The van der Waals surface area contributed by atoms with Gasteiger partial charge >= 0.3 is 5.97 Å². The molecule has 2 aromatic carbocycles. The highest BCUT2D eigenvalue weighted by atomic mass is 79.9. The third-order valence-electron chi connectivity index (χ3n) is 2.40. The van der Waals surface area contributed by atoms with Gasteiger partial charge in [-0.05, 0) is 30.3 Å². The third kappa shape index (κ3) is 3.58. The van der Waals surface area contributed by atoms with Crippen LogP contribution in [0.1, 0.15) is 10.4 Å². The standard InChI is InChI=1S/C13H8BrNO4S/c14-9-5-8(13(16)17)6-12(7-9)20-11-3-1-10(2-4-11)15(18)19/h1-7H,(H,16,17). The lowest BCUT2D eigenvalue weighted by Gasteiger charge is -2.04. The van der Waals surface area contributed by atoms with E-state index < -0.39 is 10.9 Å². The average molecular weight is 354 g/mol. The van der Waals surface area contributed by atoms with Crippen LogP contribution < -0.4 is 0 Å². The van der Waals surface area contributed by atoms with E-state index in [4.69, 9.17) is 5.11 Å². The van der Waals surface area contributed by atoms with Crippen LogP contribution in [0, 0.1) is 10.1 Å². The van der Waals surface area contributed by atoms with Gasteiger partial charge in [0.25, 0.3) is 5.69 Å². The van der Waals surface area contributed by atoms with Crippen LogP contribution in [0.4, 0.5) is 5.69 Å². The fourth-order valence-corrected chi connectivity index (χ4v) is 3.08. The van der Waals surface area contributed by atoms with Crippen molar-refractivity contribution >= 4 is 39.3 Å². The molecule has 0 aliphatic rings. The number of hydrogen-bond acceptors (Lipinski definition) is 4. The second kappa shape index (κ2) is 6.06. The molecule has 5 nitrogen and oxygen atoms in total. The Labute approximate surface area is 126 Å². The molecule has 0 amide bonds. The topological polar surface area (TPSA) is 80.4 Å². The first-order valence-corrected chi connectivity index (χ1v) is 7.03. The maximum atomic E-state index is 11.0. The van der Waals surface area contributed by atoms with Gasteiger partial charge in [-0.1, -0.05) is 27.7 Å². The van der Waals surface area contributed by atoms with E-state index in [1.807, 2.05) is 0 Å². The van der Waals surface area contributed by atoms with Gasteiger partial charge in [0.1, 0.15) is 0 Å². The summed E-state index contributed by atoms with van der Waals surface area (Å²) in [6.45, 7) is 0. The Bertz CT molecular complexity index is 673. The zero-order valence-electron chi connectivity index (χ0n) is 9.95. The lowest BCUT2D eigenvalue weighted by atomic mass is 10.2. The van der Waals surface area contributed by atoms with Crippen molar-refractivity contribution in [1.82, 2.24) is 0 Å². The number of carboxylic acids is 1. The molecule has 2 aromatic rings. The van der Waals surface area contributed by atoms with Gasteiger partial charge in [0.15, 0.2) is 0 Å². The van der Waals surface area contributed by atoms with E-state index in [1.165, 1.54) is 30.0 Å². The van der Waals surface area contributed by atoms with Crippen molar-refractivity contribution in [2.24, 2.45) is 0 Å². The Morgan fingerprint density at radius 2 is 1.80 bits per heavy atom. The molecule has 0 bridgehead atoms. The Kier molecular flexibility index (Phi) is 4.41. The van der Waals surface area contributed by atoms with Gasteiger partial charge in [-0.15, -0.1) is 0 Å². The van der Waals surface area contributed by atoms with Crippen molar-refractivity contribution in [3.8, 4) is 0 Å². The number of hydrogen-bond donors (Lipinski definition) is 1. The van der Waals surface area contributed by atoms with Gasteiger partial charge in [0, 0.05) is 26.4 Å². The SMILES string of the molecule is O=C(O)c1cc(Br)cc(Sc2ccc([N+](=O)[O-])cc2)c1. The summed E-state index contributed by atoms with van der Waals surface area (Å²) in [6.07, 6.45) is 0. The van der Waals surface area contributed by atoms with Gasteiger partial charge in [-0.25, -0.2) is 4.79 Å². The van der Waals surface area contributed by atoms with Crippen molar-refractivity contribution in [2.45, 2.75) is 9.79 Å². The van der Waals surface area contributed by atoms with Gasteiger partial charge in [-0.3, -0.25) is 10.1 Å². The van der Waals surface area contributed by atoms with Crippen molar-refractivity contribution < 1.29 is 14.8 Å². The Balaban J connectivity index is 2.25. The summed E-state index contributed by atoms with van der Waals surface area (Å²) in [4.78, 5) is 22.6. The molecule has 0 spiro atoms. The zero-order valence-corrected chi connectivity index (χ0v) is 12.3. The molecule has 0 atom stereocenters. The summed E-state index contributed by atoms with van der Waals surface area (Å²) >= 11 is 4.60. The van der Waals surface area contributed by atoms with E-state index in [2.05, 4.69) is 15.9 Å². The largest absolute Gasteiger partial charge is 0.478 e. The summed E-state index contributed by atoms with van der Waals surface area (Å²) in [5.74, 6) is -1.00. The second-order valence-corrected chi connectivity index (χ2v) is 5.90. The first kappa shape index (κ1) is 14.5. The smallest absolute Gasteiger partial charge is 0.335 e. The number of non-ortho nitro benzene ring substituents is 1. The Morgan fingerprint density at radius 1 is 1.15 bits per heavy atom. The molecule has 0 saturated carbocycles. The van der Waals surface area contributed by atoms with Gasteiger partial charge in [-0.2, -0.15) is 0 Å². The monoisotopic (exact) mass is 353 g/mol. The predicted molar refractivity (Wildman–Crippen MR) is 78.3 cm³/mol. The molecule has 0 aromatic heterocycles. The number of nitro groups is 1. The molecule has 0 aliphatic heterocycles. The van der Waals surface area contributed by atoms with Gasteiger partial charge < -0.3 is 5.11 Å². The minimum Gasteiger partial charge on any atom is -0.478 e. The summed E-state index contributed by atoms with van der Waals surface area (Å²) < 4.78 is 0.668. The number of aromatic carboxylic acids is 1. The van der Waals surface area contributed by atoms with E-state index in [-0.39, 0.29) is 11.3 Å². The number of carbonyl (C=O) groups is 1. The fourth-order valence-electron chi connectivity index (χ4n) is 1.52. The van der Waals surface area contributed by atoms with Crippen LogP contribution in [0.3, 0.4) is 0 Å². The normalized spacial score (nSPS) is 10.2. The maximum Gasteiger partial charge on any atom is 0.335 e. The molecule has 0 saturated heterocycles. The molecule has 0 fully saturated rings. The van der Waals surface area contributed by atoms with E-state index in [0.717, 1.165) is 9.79 Å². The highest BCUT2D eigenvalue weighted by Gasteiger charge is 2.08. The van der Waals surface area contributed by atoms with Crippen molar-refractivity contribution in [1.29, 1.82) is 0 Å². The Morgan fingerprint density at radius 3 is 2.35 bits per heavy atom. The van der Waals surface area contributed by atoms with Crippen LogP contribution in [-0.4, -0.2) is 16.0 Å². The molecular weight excluding hydrogens is 346 g/mol. The Hall–Kier alpha value is -1.86. The van der Waals surface area contributed by atoms with Crippen molar-refractivity contribution in [2.75, 3.05) is 0 Å². The van der Waals surface area contributed by atoms with Crippen molar-refractivity contribution in [3.05, 3.63) is 62.6 Å². The van der Waals surface area contributed by atoms with Crippen LogP contribution >= 0.6 is 27.7 Å². The summed E-state index contributed by atoms with van der Waals surface area (Å²) in [6, 6.07) is 10.9. The number of halogens is 1. The van der Waals surface area contributed by atoms with E-state index in [0.29, 0.717) is 4.47 Å². The molecule has 7 heteroatoms. The van der Waals surface area contributed by atoms with E-state index in [1.54, 1.807) is 24.3 Å². The number of carboxylic acid groups (broad SMARTS) is 1. The highest BCUT2D eigenvalue weighted by molar-refractivity contribution is 9.10. The molecule has 102 valence electrons. The molecule has 0 aliphatic carbocycles. The second-order valence-electron chi connectivity index (χ2n) is 3.83. The summed E-state index contributed by atoms with van der Waals surface area (Å²) in [5, 5.41) is 19.6. The minimum atomic E-state index is -1.00. The van der Waals surface area contributed by atoms with Crippen LogP contribution in [0.5, 0.6) is 0 Å². The maximum absolute atomic E-state index is 11.0. The molecule has 20 heavy (non-hydrogen) atoms. The van der Waals surface area contributed by atoms with Crippen LogP contribution in [0.25, 0.3) is 0 Å². The third-order valence-corrected chi connectivity index (χ3v) is 3.84. The summed E-state index contributed by atoms with van der Waals surface area (Å²) in [7, 11) is 0. The number of nitro benzene ring substituents is 1. The first-order valence-electron chi connectivity index (χ1n) is 5.42. The van der Waals surface area contributed by atoms with Crippen LogP contribution in [0.2, 0.25) is 0 Å². The first-order chi connectivity index (χ1) is 9.45. The lowest BCUT2D eigenvalue weighted by Crippen LogP contribution is -1.96. The zero-order chi connectivity index (χ0) is 14.7. The highest BCUT2D eigenvalue weighted by Crippen LogP contribution is 2.31. The number of nitrogens with zero attached hydrogens (tertiary/aromatic N) is 1. The van der Waals surface area contributed by atoms with E-state index in [9.17, 15) is 14.9 Å². The molecule has 1 N–H and O–H groups in total. The quantitative estimate of drug-likeness (QED) is 0.657. The molecule has 2 rings (SSSR count). The molecule has 0 heterocycles. The van der Waals surface area contributed by atoms with Crippen LogP contribution in [-0.2, 0) is 0 Å². The van der Waals surface area contributed by atoms with Crippen molar-refractivity contribution in [3.63, 3.8) is 0 Å². The van der Waals surface area contributed by atoms with Gasteiger partial charge in [0.05, 0.1) is 10.5 Å². The number of benzene rings is 2. The fraction of sp³-hybridized carbons (Fsp3) is 0. The number of rotatable bonds is 4. The lowest BCUT2D eigenvalue weighted by molar-refractivity contribution is -0.384. The van der Waals surface area contributed by atoms with E-state index >= 15 is 0 Å².